The lowest BCUT2D eigenvalue weighted by molar-refractivity contribution is -0.388. The lowest BCUT2D eigenvalue weighted by Crippen LogP contribution is -2.09. The van der Waals surface area contributed by atoms with Gasteiger partial charge < -0.3 is 5.43 Å². The third kappa shape index (κ3) is 3.19. The highest BCUT2D eigenvalue weighted by molar-refractivity contribution is 9.10. The van der Waals surface area contributed by atoms with Gasteiger partial charge in [-0.05, 0) is 45.9 Å². The predicted octanol–water partition coefficient (Wildman–Crippen LogP) is 2.58. The number of hydrazine groups is 1. The second-order valence-corrected chi connectivity index (χ2v) is 5.15. The van der Waals surface area contributed by atoms with Crippen LogP contribution in [0.15, 0.2) is 45.0 Å². The molecule has 9 heteroatoms. The molecule has 2 aromatic rings. The van der Waals surface area contributed by atoms with E-state index >= 15 is 0 Å². The number of nitrogens with two attached hydrogens (primary N) is 1. The molecule has 0 aliphatic carbocycles. The molecular formula is C10H8BrN5O2S. The minimum absolute atomic E-state index is 0.0958. The minimum atomic E-state index is -0.494. The number of pyridine rings is 2. The quantitative estimate of drug-likeness (QED) is 0.499. The number of nitrogen functional groups attached to an aromatic ring is 1. The van der Waals surface area contributed by atoms with Crippen LogP contribution in [0, 0.1) is 10.1 Å². The molecule has 0 spiro atoms. The molecule has 0 aromatic carbocycles. The number of hydrogen-bond donors (Lipinski definition) is 2. The highest BCUT2D eigenvalue weighted by atomic mass is 79.9. The van der Waals surface area contributed by atoms with Gasteiger partial charge in [0, 0.05) is 12.3 Å². The Balaban J connectivity index is 2.43. The SMILES string of the molecule is NNc1ccc([N+](=O)[O-])c(Sc2ncccc2Br)n1. The average molecular weight is 342 g/mol. The van der Waals surface area contributed by atoms with E-state index in [9.17, 15) is 10.1 Å². The van der Waals surface area contributed by atoms with E-state index in [4.69, 9.17) is 5.84 Å². The fourth-order valence-electron chi connectivity index (χ4n) is 1.27. The second-order valence-electron chi connectivity index (χ2n) is 3.31. The molecule has 2 rings (SSSR count). The Labute approximate surface area is 120 Å². The van der Waals surface area contributed by atoms with Crippen molar-refractivity contribution >= 4 is 39.2 Å². The average Bonchev–Trinajstić information content (AvgIpc) is 2.41. The van der Waals surface area contributed by atoms with Crippen molar-refractivity contribution in [2.24, 2.45) is 5.84 Å². The van der Waals surface area contributed by atoms with Crippen molar-refractivity contribution in [3.05, 3.63) is 45.0 Å². The number of halogens is 1. The topological polar surface area (TPSA) is 107 Å². The van der Waals surface area contributed by atoms with Gasteiger partial charge in [0.25, 0.3) is 0 Å². The fourth-order valence-corrected chi connectivity index (χ4v) is 2.62. The largest absolute Gasteiger partial charge is 0.308 e. The van der Waals surface area contributed by atoms with Crippen LogP contribution in [0.2, 0.25) is 0 Å². The maximum Gasteiger partial charge on any atom is 0.301 e. The first-order chi connectivity index (χ1) is 9.11. The normalized spacial score (nSPS) is 10.2. The number of anilines is 1. The Kier molecular flexibility index (Phi) is 4.30. The molecule has 98 valence electrons. The number of nitrogens with zero attached hydrogens (tertiary/aromatic N) is 3. The van der Waals surface area contributed by atoms with Gasteiger partial charge in [-0.15, -0.1) is 0 Å². The summed E-state index contributed by atoms with van der Waals surface area (Å²) >= 11 is 4.42. The van der Waals surface area contributed by atoms with Crippen molar-refractivity contribution in [3.63, 3.8) is 0 Å². The van der Waals surface area contributed by atoms with Crippen LogP contribution in [0.3, 0.4) is 0 Å². The maximum absolute atomic E-state index is 11.0. The summed E-state index contributed by atoms with van der Waals surface area (Å²) in [5.74, 6) is 5.60. The molecular weight excluding hydrogens is 334 g/mol. The van der Waals surface area contributed by atoms with E-state index in [1.165, 1.54) is 12.1 Å². The van der Waals surface area contributed by atoms with Gasteiger partial charge in [-0.25, -0.2) is 15.8 Å². The molecule has 0 unspecified atom stereocenters. The standard InChI is InChI=1S/C10H8BrN5O2S/c11-6-2-1-5-13-9(6)19-10-7(16(17)18)3-4-8(14-10)15-12/h1-5H,12H2,(H,14,15). The summed E-state index contributed by atoms with van der Waals surface area (Å²) in [6, 6.07) is 6.34. The summed E-state index contributed by atoms with van der Waals surface area (Å²) in [6.45, 7) is 0. The molecule has 2 heterocycles. The molecule has 0 amide bonds. The van der Waals surface area contributed by atoms with Crippen LogP contribution in [0.4, 0.5) is 11.5 Å². The monoisotopic (exact) mass is 341 g/mol. The first-order valence-electron chi connectivity index (χ1n) is 5.02. The van der Waals surface area contributed by atoms with Gasteiger partial charge in [0.15, 0.2) is 5.03 Å². The van der Waals surface area contributed by atoms with Crippen molar-refractivity contribution in [1.29, 1.82) is 0 Å². The molecule has 3 N–H and O–H groups in total. The molecule has 0 fully saturated rings. The molecule has 0 saturated heterocycles. The van der Waals surface area contributed by atoms with Crippen LogP contribution in [0.25, 0.3) is 0 Å². The highest BCUT2D eigenvalue weighted by Crippen LogP contribution is 2.36. The Bertz CT molecular complexity index is 625. The Hall–Kier alpha value is -1.71. The Morgan fingerprint density at radius 3 is 2.79 bits per heavy atom. The van der Waals surface area contributed by atoms with Crippen molar-refractivity contribution in [2.45, 2.75) is 10.1 Å². The van der Waals surface area contributed by atoms with E-state index in [-0.39, 0.29) is 10.7 Å². The van der Waals surface area contributed by atoms with Gasteiger partial charge in [-0.2, -0.15) is 0 Å². The van der Waals surface area contributed by atoms with E-state index in [2.05, 4.69) is 31.3 Å². The van der Waals surface area contributed by atoms with Gasteiger partial charge in [-0.3, -0.25) is 10.1 Å². The third-order valence-electron chi connectivity index (χ3n) is 2.10. The van der Waals surface area contributed by atoms with E-state index in [1.54, 1.807) is 18.3 Å². The molecule has 0 radical (unpaired) electrons. The zero-order valence-corrected chi connectivity index (χ0v) is 11.8. The van der Waals surface area contributed by atoms with Crippen LogP contribution in [0.5, 0.6) is 0 Å². The predicted molar refractivity (Wildman–Crippen MR) is 74.8 cm³/mol. The second kappa shape index (κ2) is 5.95. The third-order valence-corrected chi connectivity index (χ3v) is 4.02. The number of aromatic nitrogens is 2. The van der Waals surface area contributed by atoms with Crippen molar-refractivity contribution in [3.8, 4) is 0 Å². The van der Waals surface area contributed by atoms with E-state index in [0.717, 1.165) is 16.2 Å². The molecule has 0 aliphatic rings. The lowest BCUT2D eigenvalue weighted by Gasteiger charge is -2.05. The highest BCUT2D eigenvalue weighted by Gasteiger charge is 2.18. The summed E-state index contributed by atoms with van der Waals surface area (Å²) in [4.78, 5) is 18.7. The first kappa shape index (κ1) is 13.7. The first-order valence-corrected chi connectivity index (χ1v) is 6.63. The van der Waals surface area contributed by atoms with Gasteiger partial charge in [0.2, 0.25) is 0 Å². The van der Waals surface area contributed by atoms with Gasteiger partial charge in [-0.1, -0.05) is 0 Å². The Morgan fingerprint density at radius 2 is 2.16 bits per heavy atom. The van der Waals surface area contributed by atoms with Gasteiger partial charge in [0.05, 0.1) is 9.40 Å². The van der Waals surface area contributed by atoms with Crippen molar-refractivity contribution in [2.75, 3.05) is 5.43 Å². The molecule has 19 heavy (non-hydrogen) atoms. The smallest absolute Gasteiger partial charge is 0.301 e. The molecule has 0 aliphatic heterocycles. The van der Waals surface area contributed by atoms with E-state index < -0.39 is 4.92 Å². The molecule has 0 saturated carbocycles. The molecule has 0 bridgehead atoms. The maximum atomic E-state index is 11.0. The van der Waals surface area contributed by atoms with E-state index in [0.29, 0.717) is 10.8 Å². The minimum Gasteiger partial charge on any atom is -0.308 e. The summed E-state index contributed by atoms with van der Waals surface area (Å²) in [5, 5.41) is 11.8. The van der Waals surface area contributed by atoms with Crippen LogP contribution < -0.4 is 11.3 Å². The molecule has 0 atom stereocenters. The lowest BCUT2D eigenvalue weighted by atomic mass is 10.4. The van der Waals surface area contributed by atoms with Crippen LogP contribution >= 0.6 is 27.7 Å². The van der Waals surface area contributed by atoms with Gasteiger partial charge in [0.1, 0.15) is 10.8 Å². The Morgan fingerprint density at radius 1 is 1.37 bits per heavy atom. The number of rotatable bonds is 4. The van der Waals surface area contributed by atoms with Crippen LogP contribution in [-0.2, 0) is 0 Å². The zero-order chi connectivity index (χ0) is 13.8. The fraction of sp³-hybridized carbons (Fsp3) is 0. The van der Waals surface area contributed by atoms with Crippen molar-refractivity contribution in [1.82, 2.24) is 9.97 Å². The van der Waals surface area contributed by atoms with Crippen LogP contribution in [-0.4, -0.2) is 14.9 Å². The molecule has 2 aromatic heterocycles. The summed E-state index contributed by atoms with van der Waals surface area (Å²) in [7, 11) is 0. The number of nitrogens with one attached hydrogen (secondary N) is 1. The summed E-state index contributed by atoms with van der Waals surface area (Å²) in [5.41, 5.74) is 2.26. The number of hydrogen-bond acceptors (Lipinski definition) is 7. The van der Waals surface area contributed by atoms with Gasteiger partial charge >= 0.3 is 5.69 Å². The van der Waals surface area contributed by atoms with Crippen LogP contribution in [0.1, 0.15) is 0 Å². The van der Waals surface area contributed by atoms with Crippen molar-refractivity contribution < 1.29 is 4.92 Å². The zero-order valence-electron chi connectivity index (χ0n) is 9.41. The summed E-state index contributed by atoms with van der Waals surface area (Å²) in [6.07, 6.45) is 1.60. The number of nitro groups is 1. The van der Waals surface area contributed by atoms with E-state index in [1.807, 2.05) is 0 Å². The molecule has 7 nitrogen and oxygen atoms in total. The summed E-state index contributed by atoms with van der Waals surface area (Å²) < 4.78 is 0.738.